The van der Waals surface area contributed by atoms with Gasteiger partial charge in [-0.15, -0.1) is 0 Å². The van der Waals surface area contributed by atoms with Crippen molar-refractivity contribution >= 4 is 5.96 Å². The Balaban J connectivity index is 1.86. The number of ether oxygens (including phenoxy) is 1. The molecule has 24 heavy (non-hydrogen) atoms. The third-order valence-electron chi connectivity index (χ3n) is 3.42. The predicted octanol–water partition coefficient (Wildman–Crippen LogP) is 2.52. The number of nitrogens with one attached hydrogen (secondary N) is 2. The number of aromatic nitrogens is 2. The largest absolute Gasteiger partial charge is 0.477 e. The number of aliphatic imine (C=N–C) groups is 1. The summed E-state index contributed by atoms with van der Waals surface area (Å²) < 4.78 is 5.75. The highest BCUT2D eigenvalue weighted by atomic mass is 16.5. The molecule has 0 aliphatic carbocycles. The van der Waals surface area contributed by atoms with Crippen molar-refractivity contribution in [3.8, 4) is 5.88 Å². The summed E-state index contributed by atoms with van der Waals surface area (Å²) in [5.41, 5.74) is 1.97. The van der Waals surface area contributed by atoms with Gasteiger partial charge in [0.05, 0.1) is 18.8 Å². The third-order valence-corrected chi connectivity index (χ3v) is 3.42. The quantitative estimate of drug-likeness (QED) is 0.443. The van der Waals surface area contributed by atoms with Gasteiger partial charge < -0.3 is 15.4 Å². The standard InChI is InChI=1S/C18H25N5O/c1-3-4-12-24-17-15(8-7-11-21-17)13-22-18(19-2)23-14-16-9-5-6-10-20-16/h5-11H,3-4,12-14H2,1-2H3,(H2,19,22,23). The van der Waals surface area contributed by atoms with Gasteiger partial charge in [0.25, 0.3) is 0 Å². The maximum Gasteiger partial charge on any atom is 0.218 e. The van der Waals surface area contributed by atoms with E-state index in [4.69, 9.17) is 4.74 Å². The SMILES string of the molecule is CCCCOc1ncccc1CNC(=NC)NCc1ccccn1. The van der Waals surface area contributed by atoms with Crippen LogP contribution in [0.2, 0.25) is 0 Å². The first kappa shape index (κ1) is 17.7. The fourth-order valence-corrected chi connectivity index (χ4v) is 2.08. The van der Waals surface area contributed by atoms with Crippen molar-refractivity contribution in [2.24, 2.45) is 4.99 Å². The molecule has 0 amide bonds. The second kappa shape index (κ2) is 10.2. The molecule has 2 aromatic rings. The molecule has 128 valence electrons. The lowest BCUT2D eigenvalue weighted by Gasteiger charge is -2.14. The first-order valence-corrected chi connectivity index (χ1v) is 8.24. The van der Waals surface area contributed by atoms with E-state index in [9.17, 15) is 0 Å². The van der Waals surface area contributed by atoms with Crippen LogP contribution in [0, 0.1) is 0 Å². The Kier molecular flexibility index (Phi) is 7.53. The van der Waals surface area contributed by atoms with Crippen molar-refractivity contribution in [3.05, 3.63) is 54.0 Å². The first-order chi connectivity index (χ1) is 11.8. The van der Waals surface area contributed by atoms with Crippen LogP contribution >= 0.6 is 0 Å². The van der Waals surface area contributed by atoms with Crippen LogP contribution in [0.4, 0.5) is 0 Å². The van der Waals surface area contributed by atoms with Gasteiger partial charge in [-0.2, -0.15) is 0 Å². The Bertz CT molecular complexity index is 630. The van der Waals surface area contributed by atoms with Crippen molar-refractivity contribution in [2.75, 3.05) is 13.7 Å². The van der Waals surface area contributed by atoms with Gasteiger partial charge in [0.2, 0.25) is 5.88 Å². The molecule has 0 aromatic carbocycles. The van der Waals surface area contributed by atoms with Crippen molar-refractivity contribution in [1.29, 1.82) is 0 Å². The van der Waals surface area contributed by atoms with Crippen LogP contribution in [0.25, 0.3) is 0 Å². The lowest BCUT2D eigenvalue weighted by molar-refractivity contribution is 0.294. The average Bonchev–Trinajstić information content (AvgIpc) is 2.64. The van der Waals surface area contributed by atoms with Crippen LogP contribution in [-0.4, -0.2) is 29.6 Å². The van der Waals surface area contributed by atoms with Gasteiger partial charge in [0.1, 0.15) is 0 Å². The number of unbranched alkanes of at least 4 members (excludes halogenated alkanes) is 1. The number of hydrogen-bond acceptors (Lipinski definition) is 4. The summed E-state index contributed by atoms with van der Waals surface area (Å²) in [6, 6.07) is 9.76. The monoisotopic (exact) mass is 327 g/mol. The molecule has 2 aromatic heterocycles. The van der Waals surface area contributed by atoms with Gasteiger partial charge in [0, 0.05) is 31.5 Å². The van der Waals surface area contributed by atoms with E-state index in [1.807, 2.05) is 30.3 Å². The van der Waals surface area contributed by atoms with E-state index in [1.54, 1.807) is 19.4 Å². The zero-order chi connectivity index (χ0) is 17.0. The number of nitrogens with zero attached hydrogens (tertiary/aromatic N) is 3. The summed E-state index contributed by atoms with van der Waals surface area (Å²) in [7, 11) is 1.75. The molecule has 0 radical (unpaired) electrons. The number of hydrogen-bond donors (Lipinski definition) is 2. The van der Waals surface area contributed by atoms with Crippen LogP contribution in [0.3, 0.4) is 0 Å². The Labute approximate surface area is 143 Å². The van der Waals surface area contributed by atoms with E-state index >= 15 is 0 Å². The average molecular weight is 327 g/mol. The molecule has 0 atom stereocenters. The van der Waals surface area contributed by atoms with E-state index in [0.29, 0.717) is 31.5 Å². The molecule has 0 unspecified atom stereocenters. The Morgan fingerprint density at radius 3 is 2.67 bits per heavy atom. The Morgan fingerprint density at radius 2 is 1.92 bits per heavy atom. The molecule has 0 aliphatic heterocycles. The zero-order valence-electron chi connectivity index (χ0n) is 14.3. The number of guanidine groups is 1. The summed E-state index contributed by atoms with van der Waals surface area (Å²) in [6.07, 6.45) is 5.66. The molecular formula is C18H25N5O. The smallest absolute Gasteiger partial charge is 0.218 e. The van der Waals surface area contributed by atoms with E-state index in [1.165, 1.54) is 0 Å². The van der Waals surface area contributed by atoms with Gasteiger partial charge in [-0.1, -0.05) is 25.5 Å². The molecule has 0 fully saturated rings. The van der Waals surface area contributed by atoms with Gasteiger partial charge >= 0.3 is 0 Å². The highest BCUT2D eigenvalue weighted by Crippen LogP contribution is 2.14. The number of pyridine rings is 2. The fraction of sp³-hybridized carbons (Fsp3) is 0.389. The fourth-order valence-electron chi connectivity index (χ4n) is 2.08. The van der Waals surface area contributed by atoms with E-state index in [0.717, 1.165) is 24.1 Å². The molecule has 6 nitrogen and oxygen atoms in total. The molecule has 0 spiro atoms. The molecule has 6 heteroatoms. The van der Waals surface area contributed by atoms with E-state index < -0.39 is 0 Å². The normalized spacial score (nSPS) is 11.2. The maximum atomic E-state index is 5.75. The molecule has 0 aliphatic rings. The molecule has 2 N–H and O–H groups in total. The van der Waals surface area contributed by atoms with Crippen LogP contribution in [0.5, 0.6) is 5.88 Å². The number of rotatable bonds is 8. The molecule has 2 rings (SSSR count). The topological polar surface area (TPSA) is 71.4 Å². The van der Waals surface area contributed by atoms with Crippen LogP contribution in [-0.2, 0) is 13.1 Å². The maximum absolute atomic E-state index is 5.75. The van der Waals surface area contributed by atoms with Crippen molar-refractivity contribution in [3.63, 3.8) is 0 Å². The van der Waals surface area contributed by atoms with Crippen LogP contribution < -0.4 is 15.4 Å². The minimum atomic E-state index is 0.594. The summed E-state index contributed by atoms with van der Waals surface area (Å²) in [5, 5.41) is 6.52. The second-order valence-corrected chi connectivity index (χ2v) is 5.27. The Morgan fingerprint density at radius 1 is 1.08 bits per heavy atom. The third kappa shape index (κ3) is 5.87. The zero-order valence-corrected chi connectivity index (χ0v) is 14.3. The highest BCUT2D eigenvalue weighted by Gasteiger charge is 2.06. The van der Waals surface area contributed by atoms with Crippen LogP contribution in [0.15, 0.2) is 47.7 Å². The van der Waals surface area contributed by atoms with Gasteiger partial charge in [-0.25, -0.2) is 4.98 Å². The van der Waals surface area contributed by atoms with Gasteiger partial charge in [-0.3, -0.25) is 9.98 Å². The summed E-state index contributed by atoms with van der Waals surface area (Å²) >= 11 is 0. The van der Waals surface area contributed by atoms with Crippen molar-refractivity contribution in [2.45, 2.75) is 32.9 Å². The lowest BCUT2D eigenvalue weighted by atomic mass is 10.2. The Hall–Kier alpha value is -2.63. The lowest BCUT2D eigenvalue weighted by Crippen LogP contribution is -2.36. The molecule has 0 saturated heterocycles. The summed E-state index contributed by atoms with van der Waals surface area (Å²) in [4.78, 5) is 12.8. The second-order valence-electron chi connectivity index (χ2n) is 5.27. The van der Waals surface area contributed by atoms with Crippen molar-refractivity contribution in [1.82, 2.24) is 20.6 Å². The molecule has 0 bridgehead atoms. The minimum Gasteiger partial charge on any atom is -0.477 e. The van der Waals surface area contributed by atoms with Crippen LogP contribution in [0.1, 0.15) is 31.0 Å². The summed E-state index contributed by atoms with van der Waals surface area (Å²) in [6.45, 7) is 4.04. The molecular weight excluding hydrogens is 302 g/mol. The van der Waals surface area contributed by atoms with Gasteiger partial charge in [-0.05, 0) is 24.6 Å². The molecule has 0 saturated carbocycles. The van der Waals surface area contributed by atoms with Gasteiger partial charge in [0.15, 0.2) is 5.96 Å². The predicted molar refractivity (Wildman–Crippen MR) is 95.9 cm³/mol. The minimum absolute atomic E-state index is 0.594. The highest BCUT2D eigenvalue weighted by molar-refractivity contribution is 5.79. The van der Waals surface area contributed by atoms with E-state index in [2.05, 4.69) is 32.5 Å². The first-order valence-electron chi connectivity index (χ1n) is 8.24. The van der Waals surface area contributed by atoms with E-state index in [-0.39, 0.29) is 0 Å². The molecule has 2 heterocycles. The van der Waals surface area contributed by atoms with Crippen molar-refractivity contribution < 1.29 is 4.74 Å². The summed E-state index contributed by atoms with van der Waals surface area (Å²) in [5.74, 6) is 1.39.